The Kier molecular flexibility index (Phi) is 3.96. The van der Waals surface area contributed by atoms with Crippen LogP contribution in [0, 0.1) is 6.92 Å². The summed E-state index contributed by atoms with van der Waals surface area (Å²) < 4.78 is 7.60. The van der Waals surface area contributed by atoms with Gasteiger partial charge in [-0.3, -0.25) is 4.40 Å². The van der Waals surface area contributed by atoms with Crippen molar-refractivity contribution in [1.82, 2.24) is 14.6 Å². The highest BCUT2D eigenvalue weighted by Gasteiger charge is 2.17. The monoisotopic (exact) mass is 413 g/mol. The molecule has 1 aliphatic carbocycles. The standard InChI is InChI=1S/C24H19N3O2S/c1-14-9-22-25-26-24(27(22)20-8-3-2-7-18(14)20)30-13-17-12-23(28)29-21-11-16-6-4-5-15(16)10-19(17)21/h2-3,7-12H,4-6,13H2,1H3. The molecule has 5 aromatic rings. The summed E-state index contributed by atoms with van der Waals surface area (Å²) in [6.07, 6.45) is 3.32. The van der Waals surface area contributed by atoms with Gasteiger partial charge in [0.1, 0.15) is 5.58 Å². The number of aromatic nitrogens is 3. The molecule has 0 aliphatic heterocycles. The van der Waals surface area contributed by atoms with E-state index in [0.29, 0.717) is 11.3 Å². The number of thioether (sulfide) groups is 1. The van der Waals surface area contributed by atoms with Gasteiger partial charge in [0.2, 0.25) is 0 Å². The van der Waals surface area contributed by atoms with Crippen LogP contribution in [0.4, 0.5) is 0 Å². The summed E-state index contributed by atoms with van der Waals surface area (Å²) in [5, 5.41) is 11.9. The van der Waals surface area contributed by atoms with E-state index in [2.05, 4.69) is 51.9 Å². The molecule has 0 unspecified atom stereocenters. The maximum atomic E-state index is 12.2. The van der Waals surface area contributed by atoms with Crippen molar-refractivity contribution >= 4 is 39.3 Å². The Morgan fingerprint density at radius 1 is 1.03 bits per heavy atom. The van der Waals surface area contributed by atoms with Crippen LogP contribution in [0.25, 0.3) is 27.5 Å². The van der Waals surface area contributed by atoms with Crippen molar-refractivity contribution in [2.45, 2.75) is 37.1 Å². The molecular weight excluding hydrogens is 394 g/mol. The molecule has 6 heteroatoms. The van der Waals surface area contributed by atoms with Crippen LogP contribution in [0.1, 0.15) is 28.7 Å². The Bertz CT molecular complexity index is 1520. The van der Waals surface area contributed by atoms with Crippen LogP contribution in [0.2, 0.25) is 0 Å². The molecule has 3 aromatic heterocycles. The molecule has 6 rings (SSSR count). The second-order valence-corrected chi connectivity index (χ2v) is 8.81. The molecule has 0 atom stereocenters. The highest BCUT2D eigenvalue weighted by Crippen LogP contribution is 2.32. The fraction of sp³-hybridized carbons (Fsp3) is 0.208. The first kappa shape index (κ1) is 17.7. The van der Waals surface area contributed by atoms with Crippen LogP contribution in [-0.4, -0.2) is 14.6 Å². The molecule has 0 amide bonds. The first-order chi connectivity index (χ1) is 14.7. The molecule has 0 saturated heterocycles. The Morgan fingerprint density at radius 2 is 1.87 bits per heavy atom. The van der Waals surface area contributed by atoms with Crippen LogP contribution in [0.15, 0.2) is 62.9 Å². The van der Waals surface area contributed by atoms with E-state index in [1.54, 1.807) is 17.8 Å². The van der Waals surface area contributed by atoms with Crippen molar-refractivity contribution in [2.24, 2.45) is 0 Å². The fourth-order valence-electron chi connectivity index (χ4n) is 4.52. The van der Waals surface area contributed by atoms with Gasteiger partial charge in [0, 0.05) is 22.6 Å². The van der Waals surface area contributed by atoms with Crippen molar-refractivity contribution in [1.29, 1.82) is 0 Å². The molecule has 148 valence electrons. The summed E-state index contributed by atoms with van der Waals surface area (Å²) in [5.41, 5.74) is 7.16. The second kappa shape index (κ2) is 6.71. The van der Waals surface area contributed by atoms with E-state index in [-0.39, 0.29) is 5.63 Å². The summed E-state index contributed by atoms with van der Waals surface area (Å²) in [6, 6.07) is 16.2. The Balaban J connectivity index is 1.44. The van der Waals surface area contributed by atoms with Crippen LogP contribution in [0.3, 0.4) is 0 Å². The third kappa shape index (κ3) is 2.75. The summed E-state index contributed by atoms with van der Waals surface area (Å²) in [7, 11) is 0. The van der Waals surface area contributed by atoms with Gasteiger partial charge >= 0.3 is 5.63 Å². The number of rotatable bonds is 3. The van der Waals surface area contributed by atoms with Crippen molar-refractivity contribution < 1.29 is 4.42 Å². The highest BCUT2D eigenvalue weighted by atomic mass is 32.2. The average molecular weight is 414 g/mol. The number of benzene rings is 2. The average Bonchev–Trinajstić information content (AvgIpc) is 3.37. The predicted octanol–water partition coefficient (Wildman–Crippen LogP) is 5.08. The van der Waals surface area contributed by atoms with Crippen molar-refractivity contribution in [3.8, 4) is 0 Å². The first-order valence-electron chi connectivity index (χ1n) is 10.1. The molecule has 0 bridgehead atoms. The Morgan fingerprint density at radius 3 is 2.77 bits per heavy atom. The summed E-state index contributed by atoms with van der Waals surface area (Å²) in [5.74, 6) is 0.629. The molecular formula is C24H19N3O2S. The SMILES string of the molecule is Cc1cc2nnc(SCc3cc(=O)oc4cc5c(cc34)CCC5)n2c2ccccc12. The van der Waals surface area contributed by atoms with Gasteiger partial charge in [0.15, 0.2) is 10.8 Å². The number of para-hydroxylation sites is 1. The molecule has 5 nitrogen and oxygen atoms in total. The van der Waals surface area contributed by atoms with Crippen LogP contribution in [-0.2, 0) is 18.6 Å². The molecule has 30 heavy (non-hydrogen) atoms. The van der Waals surface area contributed by atoms with Gasteiger partial charge in [0.25, 0.3) is 0 Å². The van der Waals surface area contributed by atoms with Crippen LogP contribution >= 0.6 is 11.8 Å². The molecule has 0 N–H and O–H groups in total. The smallest absolute Gasteiger partial charge is 0.336 e. The van der Waals surface area contributed by atoms with Crippen LogP contribution < -0.4 is 5.63 Å². The summed E-state index contributed by atoms with van der Waals surface area (Å²) in [6.45, 7) is 2.09. The number of hydrogen-bond donors (Lipinski definition) is 0. The molecule has 0 spiro atoms. The van der Waals surface area contributed by atoms with E-state index >= 15 is 0 Å². The molecule has 2 aromatic carbocycles. The number of fused-ring (bicyclic) bond motifs is 5. The predicted molar refractivity (Wildman–Crippen MR) is 119 cm³/mol. The molecule has 0 saturated carbocycles. The maximum absolute atomic E-state index is 12.2. The number of pyridine rings is 1. The van der Waals surface area contributed by atoms with E-state index in [1.165, 1.54) is 22.1 Å². The van der Waals surface area contributed by atoms with Gasteiger partial charge < -0.3 is 4.42 Å². The fourth-order valence-corrected chi connectivity index (χ4v) is 5.47. The summed E-state index contributed by atoms with van der Waals surface area (Å²) >= 11 is 1.60. The largest absolute Gasteiger partial charge is 0.423 e. The van der Waals surface area contributed by atoms with Gasteiger partial charge in [0.05, 0.1) is 5.52 Å². The quantitative estimate of drug-likeness (QED) is 0.305. The van der Waals surface area contributed by atoms with Crippen molar-refractivity contribution in [3.63, 3.8) is 0 Å². The van der Waals surface area contributed by atoms with Gasteiger partial charge in [-0.1, -0.05) is 30.0 Å². The highest BCUT2D eigenvalue weighted by molar-refractivity contribution is 7.98. The van der Waals surface area contributed by atoms with Gasteiger partial charge in [-0.15, -0.1) is 10.2 Å². The van der Waals surface area contributed by atoms with E-state index in [9.17, 15) is 4.79 Å². The normalized spacial score (nSPS) is 13.5. The third-order valence-electron chi connectivity index (χ3n) is 5.97. The maximum Gasteiger partial charge on any atom is 0.336 e. The number of hydrogen-bond acceptors (Lipinski definition) is 5. The van der Waals surface area contributed by atoms with Crippen molar-refractivity contribution in [3.05, 3.63) is 81.2 Å². The van der Waals surface area contributed by atoms with Gasteiger partial charge in [-0.25, -0.2) is 4.79 Å². The lowest BCUT2D eigenvalue weighted by Crippen LogP contribution is -2.01. The zero-order valence-electron chi connectivity index (χ0n) is 16.5. The number of nitrogens with zero attached hydrogens (tertiary/aromatic N) is 3. The Labute approximate surface area is 176 Å². The minimum absolute atomic E-state index is 0.303. The van der Waals surface area contributed by atoms with Gasteiger partial charge in [-0.05, 0) is 72.7 Å². The van der Waals surface area contributed by atoms with Crippen molar-refractivity contribution in [2.75, 3.05) is 0 Å². The Hall–Kier alpha value is -3.12. The van der Waals surface area contributed by atoms with E-state index in [1.807, 2.05) is 12.1 Å². The number of aryl methyl sites for hydroxylation is 3. The zero-order valence-corrected chi connectivity index (χ0v) is 17.3. The molecule has 0 radical (unpaired) electrons. The summed E-state index contributed by atoms with van der Waals surface area (Å²) in [4.78, 5) is 12.2. The minimum atomic E-state index is -0.303. The zero-order chi connectivity index (χ0) is 20.2. The van der Waals surface area contributed by atoms with Gasteiger partial charge in [-0.2, -0.15) is 0 Å². The first-order valence-corrected chi connectivity index (χ1v) is 11.1. The van der Waals surface area contributed by atoms with E-state index < -0.39 is 0 Å². The molecule has 1 aliphatic rings. The lowest BCUT2D eigenvalue weighted by atomic mass is 10.0. The van der Waals surface area contributed by atoms with Crippen LogP contribution in [0.5, 0.6) is 0 Å². The second-order valence-electron chi connectivity index (χ2n) is 7.87. The topological polar surface area (TPSA) is 60.4 Å². The molecule has 0 fully saturated rings. The lowest BCUT2D eigenvalue weighted by Gasteiger charge is -2.09. The lowest BCUT2D eigenvalue weighted by molar-refractivity contribution is 0.559. The van der Waals surface area contributed by atoms with E-state index in [0.717, 1.165) is 46.5 Å². The minimum Gasteiger partial charge on any atom is -0.423 e. The third-order valence-corrected chi connectivity index (χ3v) is 6.95. The molecule has 3 heterocycles. The van der Waals surface area contributed by atoms with E-state index in [4.69, 9.17) is 4.42 Å².